The van der Waals surface area contributed by atoms with E-state index in [1.807, 2.05) is 0 Å². The highest BCUT2D eigenvalue weighted by molar-refractivity contribution is 5.82. The quantitative estimate of drug-likeness (QED) is 0.375. The average Bonchev–Trinajstić information content (AvgIpc) is 2.09. The molecular formula is C9H12O3. The second kappa shape index (κ2) is 7.75. The van der Waals surface area contributed by atoms with Gasteiger partial charge in [0.05, 0.1) is 6.61 Å². The molecule has 0 atom stereocenters. The molecule has 3 nitrogen and oxygen atoms in total. The second-order valence-corrected chi connectivity index (χ2v) is 1.87. The summed E-state index contributed by atoms with van der Waals surface area (Å²) in [6, 6.07) is 0. The van der Waals surface area contributed by atoms with Crippen LogP contribution in [0, 0.1) is 0 Å². The normalized spacial score (nSPS) is 10.8. The molecule has 12 heavy (non-hydrogen) atoms. The third-order valence-electron chi connectivity index (χ3n) is 0.926. The second-order valence-electron chi connectivity index (χ2n) is 1.87. The topological polar surface area (TPSA) is 46.5 Å². The molecule has 0 aromatic heterocycles. The number of carbonyl (C=O) groups is 1. The van der Waals surface area contributed by atoms with Crippen molar-refractivity contribution in [3.8, 4) is 0 Å². The van der Waals surface area contributed by atoms with Gasteiger partial charge in [-0.1, -0.05) is 30.9 Å². The first-order chi connectivity index (χ1) is 5.81. The zero-order valence-electron chi connectivity index (χ0n) is 6.77. The Bertz CT molecular complexity index is 192. The van der Waals surface area contributed by atoms with Crippen LogP contribution in [-0.2, 0) is 9.53 Å². The first-order valence-electron chi connectivity index (χ1n) is 3.54. The number of hydrogen-bond acceptors (Lipinski definition) is 3. The molecule has 0 amide bonds. The van der Waals surface area contributed by atoms with E-state index in [1.165, 1.54) is 6.08 Å². The van der Waals surface area contributed by atoms with Crippen molar-refractivity contribution in [2.24, 2.45) is 0 Å². The fraction of sp³-hybridized carbons (Fsp3) is 0.222. The van der Waals surface area contributed by atoms with Crippen LogP contribution in [0.5, 0.6) is 0 Å². The maximum absolute atomic E-state index is 10.7. The first-order valence-corrected chi connectivity index (χ1v) is 3.54. The lowest BCUT2D eigenvalue weighted by Gasteiger charge is -1.95. The van der Waals surface area contributed by atoms with Crippen molar-refractivity contribution in [1.29, 1.82) is 0 Å². The van der Waals surface area contributed by atoms with Gasteiger partial charge in [0.1, 0.15) is 6.61 Å². The van der Waals surface area contributed by atoms with Crippen LogP contribution in [0.1, 0.15) is 0 Å². The summed E-state index contributed by atoms with van der Waals surface area (Å²) in [7, 11) is 0. The minimum absolute atomic E-state index is 0.0361. The average molecular weight is 168 g/mol. The van der Waals surface area contributed by atoms with Crippen LogP contribution in [0.25, 0.3) is 0 Å². The number of carbonyl (C=O) groups excluding carboxylic acids is 1. The molecule has 0 bridgehead atoms. The third kappa shape index (κ3) is 6.77. The van der Waals surface area contributed by atoms with Gasteiger partial charge in [-0.2, -0.15) is 0 Å². The standard InChI is InChI=1S/C9H12O3/c1-2-3-4-5-6-9(11)12-8-7-10/h2-6,10H,1,7-8H2. The molecule has 0 radical (unpaired) electrons. The van der Waals surface area contributed by atoms with Crippen molar-refractivity contribution < 1.29 is 14.6 Å². The van der Waals surface area contributed by atoms with Crippen LogP contribution in [0.15, 0.2) is 37.0 Å². The highest BCUT2D eigenvalue weighted by atomic mass is 16.5. The summed E-state index contributed by atoms with van der Waals surface area (Å²) in [6.07, 6.45) is 7.77. The van der Waals surface area contributed by atoms with E-state index in [9.17, 15) is 4.79 Å². The largest absolute Gasteiger partial charge is 0.460 e. The van der Waals surface area contributed by atoms with Crippen LogP contribution in [0.3, 0.4) is 0 Å². The minimum Gasteiger partial charge on any atom is -0.460 e. The van der Waals surface area contributed by atoms with Crippen molar-refractivity contribution in [2.45, 2.75) is 0 Å². The zero-order chi connectivity index (χ0) is 9.23. The summed E-state index contributed by atoms with van der Waals surface area (Å²) in [6.45, 7) is 3.34. The van der Waals surface area contributed by atoms with Crippen molar-refractivity contribution in [1.82, 2.24) is 0 Å². The van der Waals surface area contributed by atoms with Crippen LogP contribution in [0.2, 0.25) is 0 Å². The molecule has 0 rings (SSSR count). The number of ether oxygens (including phenoxy) is 1. The Balaban J connectivity index is 3.60. The molecule has 0 aliphatic heterocycles. The maximum atomic E-state index is 10.7. The van der Waals surface area contributed by atoms with E-state index in [4.69, 9.17) is 5.11 Å². The lowest BCUT2D eigenvalue weighted by Crippen LogP contribution is -2.04. The summed E-state index contributed by atoms with van der Waals surface area (Å²) in [5.74, 6) is -0.460. The molecule has 0 spiro atoms. The predicted molar refractivity (Wildman–Crippen MR) is 46.5 cm³/mol. The van der Waals surface area contributed by atoms with Gasteiger partial charge in [-0.25, -0.2) is 4.79 Å². The van der Waals surface area contributed by atoms with Gasteiger partial charge in [0.2, 0.25) is 0 Å². The Hall–Kier alpha value is -1.35. The van der Waals surface area contributed by atoms with Crippen molar-refractivity contribution >= 4 is 5.97 Å². The summed E-state index contributed by atoms with van der Waals surface area (Å²) in [4.78, 5) is 10.7. The number of esters is 1. The molecule has 0 aliphatic carbocycles. The molecule has 0 aromatic carbocycles. The lowest BCUT2D eigenvalue weighted by molar-refractivity contribution is -0.138. The van der Waals surface area contributed by atoms with E-state index < -0.39 is 5.97 Å². The van der Waals surface area contributed by atoms with Crippen LogP contribution < -0.4 is 0 Å². The SMILES string of the molecule is C=CC=CC=CC(=O)OCCO. The summed E-state index contributed by atoms with van der Waals surface area (Å²) in [5, 5.41) is 8.30. The Kier molecular flexibility index (Phi) is 6.88. The number of aliphatic hydroxyl groups is 1. The van der Waals surface area contributed by atoms with Crippen LogP contribution in [-0.4, -0.2) is 24.3 Å². The van der Waals surface area contributed by atoms with Gasteiger partial charge in [-0.05, 0) is 0 Å². The summed E-state index contributed by atoms with van der Waals surface area (Å²) < 4.78 is 4.54. The van der Waals surface area contributed by atoms with E-state index in [0.29, 0.717) is 0 Å². The molecule has 0 unspecified atom stereocenters. The molecule has 0 heterocycles. The zero-order valence-corrected chi connectivity index (χ0v) is 6.77. The Morgan fingerprint density at radius 3 is 2.75 bits per heavy atom. The van der Waals surface area contributed by atoms with E-state index in [-0.39, 0.29) is 13.2 Å². The van der Waals surface area contributed by atoms with Gasteiger partial charge >= 0.3 is 5.97 Å². The minimum atomic E-state index is -0.460. The van der Waals surface area contributed by atoms with Gasteiger partial charge < -0.3 is 9.84 Å². The van der Waals surface area contributed by atoms with E-state index in [0.717, 1.165) is 0 Å². The molecule has 0 aliphatic rings. The number of allylic oxidation sites excluding steroid dienone is 4. The van der Waals surface area contributed by atoms with Gasteiger partial charge in [-0.3, -0.25) is 0 Å². The van der Waals surface area contributed by atoms with Gasteiger partial charge in [-0.15, -0.1) is 0 Å². The molecule has 0 fully saturated rings. The number of rotatable bonds is 5. The highest BCUT2D eigenvalue weighted by Gasteiger charge is 1.92. The fourth-order valence-corrected chi connectivity index (χ4v) is 0.471. The summed E-state index contributed by atoms with van der Waals surface area (Å²) in [5.41, 5.74) is 0. The Labute approximate surface area is 71.7 Å². The van der Waals surface area contributed by atoms with Crippen molar-refractivity contribution in [3.63, 3.8) is 0 Å². The number of aliphatic hydroxyl groups excluding tert-OH is 1. The molecule has 3 heteroatoms. The predicted octanol–water partition coefficient (Wildman–Crippen LogP) is 0.820. The molecule has 0 saturated carbocycles. The Morgan fingerprint density at radius 2 is 2.17 bits per heavy atom. The van der Waals surface area contributed by atoms with E-state index >= 15 is 0 Å². The third-order valence-corrected chi connectivity index (χ3v) is 0.926. The van der Waals surface area contributed by atoms with Crippen LogP contribution in [0.4, 0.5) is 0 Å². The van der Waals surface area contributed by atoms with Gasteiger partial charge in [0.25, 0.3) is 0 Å². The van der Waals surface area contributed by atoms with Gasteiger partial charge in [0.15, 0.2) is 0 Å². The molecule has 0 aromatic rings. The van der Waals surface area contributed by atoms with Crippen LogP contribution >= 0.6 is 0 Å². The van der Waals surface area contributed by atoms with E-state index in [1.54, 1.807) is 24.3 Å². The smallest absolute Gasteiger partial charge is 0.330 e. The summed E-state index contributed by atoms with van der Waals surface area (Å²) >= 11 is 0. The number of hydrogen-bond donors (Lipinski definition) is 1. The monoisotopic (exact) mass is 168 g/mol. The maximum Gasteiger partial charge on any atom is 0.330 e. The van der Waals surface area contributed by atoms with Crippen molar-refractivity contribution in [2.75, 3.05) is 13.2 Å². The van der Waals surface area contributed by atoms with E-state index in [2.05, 4.69) is 11.3 Å². The molecule has 1 N–H and O–H groups in total. The Morgan fingerprint density at radius 1 is 1.42 bits per heavy atom. The molecule has 0 saturated heterocycles. The molecular weight excluding hydrogens is 156 g/mol. The van der Waals surface area contributed by atoms with Crippen molar-refractivity contribution in [3.05, 3.63) is 37.0 Å². The highest BCUT2D eigenvalue weighted by Crippen LogP contribution is 1.83. The first kappa shape index (κ1) is 10.7. The van der Waals surface area contributed by atoms with Gasteiger partial charge in [0, 0.05) is 6.08 Å². The fourth-order valence-electron chi connectivity index (χ4n) is 0.471. The molecule has 66 valence electrons. The lowest BCUT2D eigenvalue weighted by atomic mass is 10.4.